The second-order valence-corrected chi connectivity index (χ2v) is 4.56. The number of hydrogen-bond donors (Lipinski definition) is 0. The normalized spacial score (nSPS) is 10.9. The highest BCUT2D eigenvalue weighted by Crippen LogP contribution is 2.24. The molecule has 1 nitrogen and oxygen atoms in total. The van der Waals surface area contributed by atoms with E-state index in [1.807, 2.05) is 51.1 Å². The summed E-state index contributed by atoms with van der Waals surface area (Å²) < 4.78 is 13.9. The number of hydrogen-bond acceptors (Lipinski definition) is 1. The average Bonchev–Trinajstić information content (AvgIpc) is 2.28. The van der Waals surface area contributed by atoms with Gasteiger partial charge in [0.15, 0.2) is 0 Å². The summed E-state index contributed by atoms with van der Waals surface area (Å²) in [5.74, 6) is 0.0512. The molecule has 2 heteroatoms. The maximum Gasteiger partial charge on any atom is 0.127 e. The van der Waals surface area contributed by atoms with Gasteiger partial charge in [-0.15, -0.1) is 0 Å². The van der Waals surface area contributed by atoms with Crippen molar-refractivity contribution in [3.63, 3.8) is 0 Å². The first-order chi connectivity index (χ1) is 8.08. The van der Waals surface area contributed by atoms with Crippen LogP contribution in [-0.4, -0.2) is 4.98 Å². The fraction of sp³-hybridized carbons (Fsp3) is 0.267. The topological polar surface area (TPSA) is 12.9 Å². The predicted molar refractivity (Wildman–Crippen MR) is 68.5 cm³/mol. The Morgan fingerprint density at radius 3 is 2.47 bits per heavy atom. The van der Waals surface area contributed by atoms with Crippen LogP contribution in [0.3, 0.4) is 0 Å². The zero-order valence-electron chi connectivity index (χ0n) is 10.4. The van der Waals surface area contributed by atoms with Crippen molar-refractivity contribution in [1.82, 2.24) is 4.98 Å². The van der Waals surface area contributed by atoms with Crippen molar-refractivity contribution in [2.75, 3.05) is 0 Å². The molecule has 1 aromatic carbocycles. The molecule has 1 heterocycles. The molecule has 0 amide bonds. The standard InChI is InChI=1S/C15H16FN/c1-10(2)13-8-7-12(9-14(13)16)15-6-4-5-11(3)17-15/h4-10H,1-3H3. The van der Waals surface area contributed by atoms with Crippen LogP contribution in [0.5, 0.6) is 0 Å². The smallest absolute Gasteiger partial charge is 0.127 e. The van der Waals surface area contributed by atoms with Gasteiger partial charge in [0.1, 0.15) is 5.82 Å². The Kier molecular flexibility index (Phi) is 3.23. The summed E-state index contributed by atoms with van der Waals surface area (Å²) >= 11 is 0. The van der Waals surface area contributed by atoms with E-state index in [-0.39, 0.29) is 11.7 Å². The summed E-state index contributed by atoms with van der Waals surface area (Å²) in [6.07, 6.45) is 0. The van der Waals surface area contributed by atoms with Gasteiger partial charge in [-0.2, -0.15) is 0 Å². The maximum atomic E-state index is 13.9. The minimum atomic E-state index is -0.152. The fourth-order valence-corrected chi connectivity index (χ4v) is 1.86. The molecule has 0 saturated carbocycles. The van der Waals surface area contributed by atoms with Crippen LogP contribution in [0.2, 0.25) is 0 Å². The van der Waals surface area contributed by atoms with Gasteiger partial charge in [0.25, 0.3) is 0 Å². The summed E-state index contributed by atoms with van der Waals surface area (Å²) in [5, 5.41) is 0. The van der Waals surface area contributed by atoms with Crippen molar-refractivity contribution in [2.45, 2.75) is 26.7 Å². The molecule has 1 aromatic heterocycles. The molecule has 2 aromatic rings. The summed E-state index contributed by atoms with van der Waals surface area (Å²) in [7, 11) is 0. The first kappa shape index (κ1) is 11.8. The Balaban J connectivity index is 2.44. The van der Waals surface area contributed by atoms with Crippen LogP contribution >= 0.6 is 0 Å². The van der Waals surface area contributed by atoms with E-state index in [1.165, 1.54) is 0 Å². The molecule has 0 fully saturated rings. The molecule has 0 radical (unpaired) electrons. The van der Waals surface area contributed by atoms with Crippen molar-refractivity contribution in [3.05, 3.63) is 53.5 Å². The molecule has 0 N–H and O–H groups in total. The van der Waals surface area contributed by atoms with Gasteiger partial charge >= 0.3 is 0 Å². The van der Waals surface area contributed by atoms with Gasteiger partial charge in [0.2, 0.25) is 0 Å². The van der Waals surface area contributed by atoms with E-state index in [0.29, 0.717) is 0 Å². The van der Waals surface area contributed by atoms with Crippen molar-refractivity contribution in [3.8, 4) is 11.3 Å². The molecule has 0 aliphatic heterocycles. The number of aryl methyl sites for hydroxylation is 1. The quantitative estimate of drug-likeness (QED) is 0.747. The molecule has 0 bridgehead atoms. The molecule has 2 rings (SSSR count). The molecular weight excluding hydrogens is 213 g/mol. The molecule has 0 aliphatic carbocycles. The molecule has 17 heavy (non-hydrogen) atoms. The van der Waals surface area contributed by atoms with Crippen LogP contribution in [0.4, 0.5) is 4.39 Å². The van der Waals surface area contributed by atoms with Gasteiger partial charge in [-0.3, -0.25) is 4.98 Å². The van der Waals surface area contributed by atoms with Gasteiger partial charge < -0.3 is 0 Å². The van der Waals surface area contributed by atoms with E-state index < -0.39 is 0 Å². The predicted octanol–water partition coefficient (Wildman–Crippen LogP) is 4.32. The molecular formula is C15H16FN. The van der Waals surface area contributed by atoms with Crippen LogP contribution in [0.1, 0.15) is 31.0 Å². The van der Waals surface area contributed by atoms with Crippen LogP contribution in [0.25, 0.3) is 11.3 Å². The molecule has 0 spiro atoms. The summed E-state index contributed by atoms with van der Waals surface area (Å²) in [5.41, 5.74) is 3.34. The Morgan fingerprint density at radius 2 is 1.88 bits per heavy atom. The number of nitrogens with zero attached hydrogens (tertiary/aromatic N) is 1. The van der Waals surface area contributed by atoms with Crippen molar-refractivity contribution in [2.24, 2.45) is 0 Å². The number of aromatic nitrogens is 1. The lowest BCUT2D eigenvalue weighted by atomic mass is 10.00. The SMILES string of the molecule is Cc1cccc(-c2ccc(C(C)C)c(F)c2)n1. The molecule has 0 unspecified atom stereocenters. The third-order valence-corrected chi connectivity index (χ3v) is 2.81. The number of halogens is 1. The number of benzene rings is 1. The Morgan fingerprint density at radius 1 is 1.12 bits per heavy atom. The lowest BCUT2D eigenvalue weighted by molar-refractivity contribution is 0.599. The summed E-state index contributed by atoms with van der Waals surface area (Å²) in [6.45, 7) is 5.91. The van der Waals surface area contributed by atoms with Crippen LogP contribution < -0.4 is 0 Å². The summed E-state index contributed by atoms with van der Waals surface area (Å²) in [6, 6.07) is 11.1. The maximum absolute atomic E-state index is 13.9. The third kappa shape index (κ3) is 2.52. The minimum absolute atomic E-state index is 0.152. The van der Waals surface area contributed by atoms with E-state index in [2.05, 4.69) is 4.98 Å². The van der Waals surface area contributed by atoms with Crippen molar-refractivity contribution < 1.29 is 4.39 Å². The first-order valence-electron chi connectivity index (χ1n) is 5.81. The summed E-state index contributed by atoms with van der Waals surface area (Å²) in [4.78, 5) is 4.39. The molecule has 0 saturated heterocycles. The number of rotatable bonds is 2. The van der Waals surface area contributed by atoms with Crippen LogP contribution in [-0.2, 0) is 0 Å². The Bertz CT molecular complexity index is 532. The Labute approximate surface area is 101 Å². The second kappa shape index (κ2) is 4.66. The average molecular weight is 229 g/mol. The van der Waals surface area contributed by atoms with E-state index in [0.717, 1.165) is 22.5 Å². The highest BCUT2D eigenvalue weighted by atomic mass is 19.1. The van der Waals surface area contributed by atoms with Crippen LogP contribution in [0.15, 0.2) is 36.4 Å². The van der Waals surface area contributed by atoms with Crippen molar-refractivity contribution >= 4 is 0 Å². The van der Waals surface area contributed by atoms with E-state index >= 15 is 0 Å². The van der Waals surface area contributed by atoms with E-state index in [4.69, 9.17) is 0 Å². The van der Waals surface area contributed by atoms with Gasteiger partial charge in [-0.1, -0.05) is 32.0 Å². The van der Waals surface area contributed by atoms with Gasteiger partial charge in [0.05, 0.1) is 5.69 Å². The molecule has 0 aliphatic rings. The molecule has 88 valence electrons. The Hall–Kier alpha value is -1.70. The lowest BCUT2D eigenvalue weighted by Crippen LogP contribution is -1.94. The van der Waals surface area contributed by atoms with Crippen molar-refractivity contribution in [1.29, 1.82) is 0 Å². The molecule has 0 atom stereocenters. The zero-order chi connectivity index (χ0) is 12.4. The fourth-order valence-electron chi connectivity index (χ4n) is 1.86. The van der Waals surface area contributed by atoms with E-state index in [9.17, 15) is 4.39 Å². The largest absolute Gasteiger partial charge is 0.253 e. The first-order valence-corrected chi connectivity index (χ1v) is 5.81. The second-order valence-electron chi connectivity index (χ2n) is 4.56. The minimum Gasteiger partial charge on any atom is -0.253 e. The van der Waals surface area contributed by atoms with Gasteiger partial charge in [-0.05, 0) is 36.6 Å². The van der Waals surface area contributed by atoms with E-state index in [1.54, 1.807) is 6.07 Å². The zero-order valence-corrected chi connectivity index (χ0v) is 10.4. The van der Waals surface area contributed by atoms with Gasteiger partial charge in [0, 0.05) is 11.3 Å². The van der Waals surface area contributed by atoms with Gasteiger partial charge in [-0.25, -0.2) is 4.39 Å². The highest BCUT2D eigenvalue weighted by molar-refractivity contribution is 5.59. The lowest BCUT2D eigenvalue weighted by Gasteiger charge is -2.09. The third-order valence-electron chi connectivity index (χ3n) is 2.81. The monoisotopic (exact) mass is 229 g/mol. The van der Waals surface area contributed by atoms with Crippen LogP contribution in [0, 0.1) is 12.7 Å². The number of pyridine rings is 1. The highest BCUT2D eigenvalue weighted by Gasteiger charge is 2.08.